The zero-order chi connectivity index (χ0) is 16.2. The highest BCUT2D eigenvalue weighted by molar-refractivity contribution is 5.86. The van der Waals surface area contributed by atoms with Crippen molar-refractivity contribution in [1.82, 2.24) is 0 Å². The average molecular weight is 294 g/mol. The Labute approximate surface area is 134 Å². The first kappa shape index (κ1) is 16.5. The Hall–Kier alpha value is -1.89. The minimum Gasteiger partial charge on any atom is -0.303 e. The lowest BCUT2D eigenvalue weighted by molar-refractivity contribution is -0.111. The first-order valence-electron chi connectivity index (χ1n) is 8.03. The number of benzene rings is 2. The molecule has 0 N–H and O–H groups in total. The summed E-state index contributed by atoms with van der Waals surface area (Å²) in [5.41, 5.74) is 2.64. The number of carbonyl (C=O) groups is 1. The lowest BCUT2D eigenvalue weighted by Crippen LogP contribution is -2.25. The molecule has 0 radical (unpaired) electrons. The molecule has 0 saturated heterocycles. The van der Waals surface area contributed by atoms with Crippen LogP contribution in [0.4, 0.5) is 0 Å². The maximum absolute atomic E-state index is 11.2. The van der Waals surface area contributed by atoms with Gasteiger partial charge in [0.05, 0.1) is 0 Å². The molecule has 0 heterocycles. The molecule has 0 saturated carbocycles. The quantitative estimate of drug-likeness (QED) is 0.495. The van der Waals surface area contributed by atoms with Crippen LogP contribution in [0.5, 0.6) is 0 Å². The van der Waals surface area contributed by atoms with Crippen molar-refractivity contribution < 1.29 is 4.79 Å². The second-order valence-corrected chi connectivity index (χ2v) is 6.89. The molecular formula is C21H26O. The van der Waals surface area contributed by atoms with Gasteiger partial charge < -0.3 is 4.79 Å². The molecule has 0 amide bonds. The largest absolute Gasteiger partial charge is 0.303 e. The predicted molar refractivity (Wildman–Crippen MR) is 95.2 cm³/mol. The van der Waals surface area contributed by atoms with Crippen molar-refractivity contribution in [2.45, 2.75) is 46.0 Å². The number of hydrogen-bond acceptors (Lipinski definition) is 1. The molecule has 0 aliphatic rings. The highest BCUT2D eigenvalue weighted by atomic mass is 16.1. The summed E-state index contributed by atoms with van der Waals surface area (Å²) >= 11 is 0. The number of allylic oxidation sites excluding steroid dienone is 2. The van der Waals surface area contributed by atoms with Crippen LogP contribution in [0.15, 0.2) is 54.1 Å². The molecule has 2 atom stereocenters. The number of carbonyl (C=O) groups excluding carboxylic acids is 1. The fraction of sp³-hybridized carbons (Fsp3) is 0.381. The summed E-state index contributed by atoms with van der Waals surface area (Å²) < 4.78 is 0. The summed E-state index contributed by atoms with van der Waals surface area (Å²) in [6.45, 7) is 8.56. The van der Waals surface area contributed by atoms with Crippen LogP contribution in [0.25, 0.3) is 10.8 Å². The molecular weight excluding hydrogens is 268 g/mol. The summed E-state index contributed by atoms with van der Waals surface area (Å²) in [5, 5.41) is 2.56. The molecule has 116 valence electrons. The van der Waals surface area contributed by atoms with E-state index in [-0.39, 0.29) is 11.3 Å². The fourth-order valence-corrected chi connectivity index (χ4v) is 3.24. The van der Waals surface area contributed by atoms with E-state index in [0.29, 0.717) is 0 Å². The van der Waals surface area contributed by atoms with E-state index >= 15 is 0 Å². The highest BCUT2D eigenvalue weighted by Crippen LogP contribution is 2.38. The van der Waals surface area contributed by atoms with Gasteiger partial charge in [-0.3, -0.25) is 0 Å². The second kappa shape index (κ2) is 6.91. The summed E-state index contributed by atoms with van der Waals surface area (Å²) in [6, 6.07) is 15.0. The smallest absolute Gasteiger partial charge is 0.122 e. The zero-order valence-corrected chi connectivity index (χ0v) is 14.1. The van der Waals surface area contributed by atoms with E-state index in [1.807, 2.05) is 6.92 Å². The number of rotatable bonds is 6. The van der Waals surface area contributed by atoms with Gasteiger partial charge in [-0.2, -0.15) is 0 Å². The van der Waals surface area contributed by atoms with Crippen LogP contribution in [0, 0.1) is 5.92 Å². The number of hydrogen-bond donors (Lipinski definition) is 0. The maximum atomic E-state index is 11.2. The summed E-state index contributed by atoms with van der Waals surface area (Å²) in [6.07, 6.45) is 5.20. The Kier molecular flexibility index (Phi) is 5.18. The van der Waals surface area contributed by atoms with Gasteiger partial charge in [0.2, 0.25) is 0 Å². The molecule has 0 aliphatic carbocycles. The van der Waals surface area contributed by atoms with Gasteiger partial charge in [0.1, 0.15) is 6.29 Å². The third-order valence-electron chi connectivity index (χ3n) is 4.41. The summed E-state index contributed by atoms with van der Waals surface area (Å²) in [7, 11) is 0. The number of fused-ring (bicyclic) bond motifs is 1. The van der Waals surface area contributed by atoms with Gasteiger partial charge in [-0.15, -0.1) is 0 Å². The summed E-state index contributed by atoms with van der Waals surface area (Å²) in [5.74, 6) is 0.0644. The zero-order valence-electron chi connectivity index (χ0n) is 14.1. The first-order valence-corrected chi connectivity index (χ1v) is 8.03. The predicted octanol–water partition coefficient (Wildman–Crippen LogP) is 5.68. The van der Waals surface area contributed by atoms with Gasteiger partial charge in [0, 0.05) is 5.92 Å². The third kappa shape index (κ3) is 3.65. The molecule has 0 aromatic heterocycles. The lowest BCUT2D eigenvalue weighted by Gasteiger charge is -2.32. The van der Waals surface area contributed by atoms with Gasteiger partial charge in [0.25, 0.3) is 0 Å². The lowest BCUT2D eigenvalue weighted by atomic mass is 9.72. The van der Waals surface area contributed by atoms with Crippen molar-refractivity contribution in [2.75, 3.05) is 0 Å². The molecule has 0 aliphatic heterocycles. The van der Waals surface area contributed by atoms with Crippen LogP contribution in [0.1, 0.15) is 46.1 Å². The Balaban J connectivity index is 2.55. The average Bonchev–Trinajstić information content (AvgIpc) is 2.52. The second-order valence-electron chi connectivity index (χ2n) is 6.89. The SMILES string of the molecule is CC(C)=CCC(C)(CC(C)C=O)c1cccc2ccccc12. The topological polar surface area (TPSA) is 17.1 Å². The number of aldehydes is 1. The van der Waals surface area contributed by atoms with Crippen molar-refractivity contribution in [2.24, 2.45) is 5.92 Å². The van der Waals surface area contributed by atoms with Crippen LogP contribution in [0.2, 0.25) is 0 Å². The normalized spacial score (nSPS) is 15.1. The van der Waals surface area contributed by atoms with E-state index < -0.39 is 0 Å². The molecule has 1 nitrogen and oxygen atoms in total. The van der Waals surface area contributed by atoms with E-state index in [1.54, 1.807) is 0 Å². The van der Waals surface area contributed by atoms with Gasteiger partial charge in [-0.05, 0) is 48.4 Å². The van der Waals surface area contributed by atoms with Crippen LogP contribution in [-0.4, -0.2) is 6.29 Å². The van der Waals surface area contributed by atoms with E-state index in [4.69, 9.17) is 0 Å². The van der Waals surface area contributed by atoms with Gasteiger partial charge in [-0.1, -0.05) is 68.0 Å². The Morgan fingerprint density at radius 3 is 2.50 bits per heavy atom. The molecule has 1 heteroatoms. The van der Waals surface area contributed by atoms with Crippen LogP contribution < -0.4 is 0 Å². The maximum Gasteiger partial charge on any atom is 0.122 e. The molecule has 0 spiro atoms. The first-order chi connectivity index (χ1) is 10.5. The Morgan fingerprint density at radius 1 is 1.14 bits per heavy atom. The Bertz CT molecular complexity index is 674. The fourth-order valence-electron chi connectivity index (χ4n) is 3.24. The molecule has 0 bridgehead atoms. The third-order valence-corrected chi connectivity index (χ3v) is 4.41. The van der Waals surface area contributed by atoms with Crippen LogP contribution >= 0.6 is 0 Å². The Morgan fingerprint density at radius 2 is 1.82 bits per heavy atom. The monoisotopic (exact) mass is 294 g/mol. The van der Waals surface area contributed by atoms with E-state index in [0.717, 1.165) is 19.1 Å². The van der Waals surface area contributed by atoms with Crippen LogP contribution in [-0.2, 0) is 10.2 Å². The molecule has 2 rings (SSSR count). The van der Waals surface area contributed by atoms with E-state index in [2.05, 4.69) is 69.3 Å². The molecule has 22 heavy (non-hydrogen) atoms. The molecule has 2 aromatic carbocycles. The highest BCUT2D eigenvalue weighted by Gasteiger charge is 2.29. The minimum atomic E-state index is -0.0293. The molecule has 0 fully saturated rings. The summed E-state index contributed by atoms with van der Waals surface area (Å²) in [4.78, 5) is 11.2. The molecule has 2 unspecified atom stereocenters. The minimum absolute atomic E-state index is 0.0293. The van der Waals surface area contributed by atoms with E-state index in [1.165, 1.54) is 21.9 Å². The van der Waals surface area contributed by atoms with E-state index in [9.17, 15) is 4.79 Å². The molecule has 2 aromatic rings. The van der Waals surface area contributed by atoms with Gasteiger partial charge in [0.15, 0.2) is 0 Å². The van der Waals surface area contributed by atoms with Crippen molar-refractivity contribution >= 4 is 17.1 Å². The van der Waals surface area contributed by atoms with Crippen molar-refractivity contribution in [3.63, 3.8) is 0 Å². The van der Waals surface area contributed by atoms with Crippen LogP contribution in [0.3, 0.4) is 0 Å². The van der Waals surface area contributed by atoms with Crippen molar-refractivity contribution in [1.29, 1.82) is 0 Å². The van der Waals surface area contributed by atoms with Crippen molar-refractivity contribution in [3.8, 4) is 0 Å². The van der Waals surface area contributed by atoms with Gasteiger partial charge in [-0.25, -0.2) is 0 Å². The van der Waals surface area contributed by atoms with Crippen molar-refractivity contribution in [3.05, 3.63) is 59.7 Å². The van der Waals surface area contributed by atoms with Gasteiger partial charge >= 0.3 is 0 Å². The standard InChI is InChI=1S/C21H26O/c1-16(2)12-13-21(4,14-17(3)15-22)20-11-7-9-18-8-5-6-10-19(18)20/h5-12,15,17H,13-14H2,1-4H3.